The highest BCUT2D eigenvalue weighted by molar-refractivity contribution is 5.93. The van der Waals surface area contributed by atoms with Gasteiger partial charge in [0.2, 0.25) is 5.91 Å². The second-order valence-electron chi connectivity index (χ2n) is 6.07. The van der Waals surface area contributed by atoms with E-state index in [1.165, 1.54) is 0 Å². The Bertz CT molecular complexity index is 686. The number of aromatic nitrogens is 1. The van der Waals surface area contributed by atoms with Crippen molar-refractivity contribution in [2.45, 2.75) is 26.8 Å². The van der Waals surface area contributed by atoms with Crippen LogP contribution in [0.25, 0.3) is 0 Å². The predicted molar refractivity (Wildman–Crippen MR) is 90.8 cm³/mol. The summed E-state index contributed by atoms with van der Waals surface area (Å²) >= 11 is 0. The first kappa shape index (κ1) is 16.7. The van der Waals surface area contributed by atoms with E-state index in [0.29, 0.717) is 5.76 Å². The predicted octanol–water partition coefficient (Wildman–Crippen LogP) is 2.30. The zero-order chi connectivity index (χ0) is 16.9. The zero-order valence-corrected chi connectivity index (χ0v) is 14.2. The first-order valence-corrected chi connectivity index (χ1v) is 8.23. The molecule has 0 spiro atoms. The molecular weight excluding hydrogens is 306 g/mol. The van der Waals surface area contributed by atoms with Crippen LogP contribution in [0.5, 0.6) is 0 Å². The number of aryl methyl sites for hydroxylation is 2. The molecule has 2 aromatic rings. The number of morpholine rings is 1. The Hall–Kier alpha value is -2.18. The van der Waals surface area contributed by atoms with Crippen LogP contribution in [0.2, 0.25) is 0 Å². The minimum absolute atomic E-state index is 0.0566. The number of anilines is 1. The van der Waals surface area contributed by atoms with Crippen molar-refractivity contribution >= 4 is 11.6 Å². The summed E-state index contributed by atoms with van der Waals surface area (Å²) in [6.45, 7) is 7.86. The van der Waals surface area contributed by atoms with Crippen LogP contribution >= 0.6 is 0 Å². The Balaban J connectivity index is 1.67. The molecule has 0 atom stereocenters. The number of amides is 1. The lowest BCUT2D eigenvalue weighted by Gasteiger charge is -2.27. The van der Waals surface area contributed by atoms with Crippen LogP contribution in [0.1, 0.15) is 22.6 Å². The summed E-state index contributed by atoms with van der Waals surface area (Å²) < 4.78 is 10.5. The van der Waals surface area contributed by atoms with Gasteiger partial charge in [-0.1, -0.05) is 23.4 Å². The molecule has 1 aliphatic rings. The average Bonchev–Trinajstić information content (AvgIpc) is 2.89. The largest absolute Gasteiger partial charge is 0.379 e. The van der Waals surface area contributed by atoms with Crippen molar-refractivity contribution in [3.8, 4) is 0 Å². The van der Waals surface area contributed by atoms with Crippen LogP contribution in [0.3, 0.4) is 0 Å². The van der Waals surface area contributed by atoms with E-state index in [0.717, 1.165) is 55.4 Å². The number of nitrogens with one attached hydrogen (secondary N) is 1. The molecule has 128 valence electrons. The van der Waals surface area contributed by atoms with E-state index in [1.807, 2.05) is 32.0 Å². The number of hydrogen-bond donors (Lipinski definition) is 1. The second-order valence-corrected chi connectivity index (χ2v) is 6.07. The van der Waals surface area contributed by atoms with Gasteiger partial charge in [0.1, 0.15) is 5.76 Å². The minimum Gasteiger partial charge on any atom is -0.379 e. The summed E-state index contributed by atoms with van der Waals surface area (Å²) in [6, 6.07) is 7.94. The van der Waals surface area contributed by atoms with Crippen LogP contribution in [0, 0.1) is 13.8 Å². The SMILES string of the molecule is Cc1noc(C)c1CC(=O)Nc1ccccc1CN1CCOCC1. The summed E-state index contributed by atoms with van der Waals surface area (Å²) in [6.07, 6.45) is 0.271. The van der Waals surface area contributed by atoms with E-state index in [-0.39, 0.29) is 12.3 Å². The normalized spacial score (nSPS) is 15.4. The van der Waals surface area contributed by atoms with Gasteiger partial charge in [0.25, 0.3) is 0 Å². The van der Waals surface area contributed by atoms with E-state index in [1.54, 1.807) is 0 Å². The van der Waals surface area contributed by atoms with Crippen molar-refractivity contribution in [3.63, 3.8) is 0 Å². The van der Waals surface area contributed by atoms with E-state index in [2.05, 4.69) is 21.4 Å². The second kappa shape index (κ2) is 7.59. The number of ether oxygens (including phenoxy) is 1. The molecule has 1 aromatic carbocycles. The van der Waals surface area contributed by atoms with Gasteiger partial charge >= 0.3 is 0 Å². The van der Waals surface area contributed by atoms with Crippen molar-refractivity contribution in [2.75, 3.05) is 31.6 Å². The van der Waals surface area contributed by atoms with E-state index >= 15 is 0 Å². The Morgan fingerprint density at radius 2 is 2.00 bits per heavy atom. The van der Waals surface area contributed by atoms with E-state index < -0.39 is 0 Å². The zero-order valence-electron chi connectivity index (χ0n) is 14.2. The summed E-state index contributed by atoms with van der Waals surface area (Å²) in [5.74, 6) is 0.642. The van der Waals surface area contributed by atoms with Gasteiger partial charge in [-0.25, -0.2) is 0 Å². The summed E-state index contributed by atoms with van der Waals surface area (Å²) in [7, 11) is 0. The van der Waals surface area contributed by atoms with Crippen molar-refractivity contribution < 1.29 is 14.1 Å². The lowest BCUT2D eigenvalue weighted by Crippen LogP contribution is -2.35. The fraction of sp³-hybridized carbons (Fsp3) is 0.444. The van der Waals surface area contributed by atoms with Gasteiger partial charge in [0, 0.05) is 30.9 Å². The maximum atomic E-state index is 12.4. The van der Waals surface area contributed by atoms with E-state index in [4.69, 9.17) is 9.26 Å². The molecule has 3 rings (SSSR count). The van der Waals surface area contributed by atoms with Crippen molar-refractivity contribution in [2.24, 2.45) is 0 Å². The minimum atomic E-state index is -0.0566. The first-order valence-electron chi connectivity index (χ1n) is 8.23. The number of rotatable bonds is 5. The van der Waals surface area contributed by atoms with Gasteiger partial charge in [-0.05, 0) is 25.5 Å². The topological polar surface area (TPSA) is 67.6 Å². The van der Waals surface area contributed by atoms with Crippen molar-refractivity contribution in [3.05, 3.63) is 46.8 Å². The third kappa shape index (κ3) is 4.01. The van der Waals surface area contributed by atoms with Gasteiger partial charge in [-0.3, -0.25) is 9.69 Å². The highest BCUT2D eigenvalue weighted by Gasteiger charge is 2.16. The molecule has 24 heavy (non-hydrogen) atoms. The molecule has 0 unspecified atom stereocenters. The lowest BCUT2D eigenvalue weighted by molar-refractivity contribution is -0.115. The van der Waals surface area contributed by atoms with Crippen LogP contribution in [0.15, 0.2) is 28.8 Å². The van der Waals surface area contributed by atoms with Gasteiger partial charge < -0.3 is 14.6 Å². The standard InChI is InChI=1S/C18H23N3O3/c1-13-16(14(2)24-20-13)11-18(22)19-17-6-4-3-5-15(17)12-21-7-9-23-10-8-21/h3-6H,7-12H2,1-2H3,(H,19,22). The molecule has 1 N–H and O–H groups in total. The lowest BCUT2D eigenvalue weighted by atomic mass is 10.1. The maximum Gasteiger partial charge on any atom is 0.229 e. The van der Waals surface area contributed by atoms with Crippen molar-refractivity contribution in [1.82, 2.24) is 10.1 Å². The molecule has 6 heteroatoms. The van der Waals surface area contributed by atoms with Gasteiger partial charge in [-0.15, -0.1) is 0 Å². The molecule has 2 heterocycles. The fourth-order valence-electron chi connectivity index (χ4n) is 2.89. The molecule has 1 amide bonds. The highest BCUT2D eigenvalue weighted by Crippen LogP contribution is 2.19. The van der Waals surface area contributed by atoms with Gasteiger partial charge in [0.05, 0.1) is 25.3 Å². The number of nitrogens with zero attached hydrogens (tertiary/aromatic N) is 2. The highest BCUT2D eigenvalue weighted by atomic mass is 16.5. The summed E-state index contributed by atoms with van der Waals surface area (Å²) in [4.78, 5) is 14.8. The number of carbonyl (C=O) groups excluding carboxylic acids is 1. The smallest absolute Gasteiger partial charge is 0.229 e. The molecule has 0 radical (unpaired) electrons. The van der Waals surface area contributed by atoms with Crippen LogP contribution < -0.4 is 5.32 Å². The molecule has 1 aromatic heterocycles. The maximum absolute atomic E-state index is 12.4. The molecule has 0 aliphatic carbocycles. The number of para-hydroxylation sites is 1. The molecule has 0 bridgehead atoms. The fourth-order valence-corrected chi connectivity index (χ4v) is 2.89. The molecule has 0 saturated carbocycles. The molecular formula is C18H23N3O3. The van der Waals surface area contributed by atoms with Gasteiger partial charge in [0.15, 0.2) is 0 Å². The quantitative estimate of drug-likeness (QED) is 0.912. The Kier molecular flexibility index (Phi) is 5.27. The molecule has 1 aliphatic heterocycles. The number of benzene rings is 1. The van der Waals surface area contributed by atoms with Crippen molar-refractivity contribution in [1.29, 1.82) is 0 Å². The van der Waals surface area contributed by atoms with Crippen LogP contribution in [0.4, 0.5) is 5.69 Å². The Morgan fingerprint density at radius 3 is 2.71 bits per heavy atom. The van der Waals surface area contributed by atoms with Crippen LogP contribution in [-0.4, -0.2) is 42.3 Å². The Morgan fingerprint density at radius 1 is 1.25 bits per heavy atom. The first-order chi connectivity index (χ1) is 11.6. The molecule has 6 nitrogen and oxygen atoms in total. The number of carbonyl (C=O) groups is 1. The molecule has 1 saturated heterocycles. The molecule has 1 fully saturated rings. The van der Waals surface area contributed by atoms with E-state index in [9.17, 15) is 4.79 Å². The average molecular weight is 329 g/mol. The van der Waals surface area contributed by atoms with Gasteiger partial charge in [-0.2, -0.15) is 0 Å². The third-order valence-corrected chi connectivity index (χ3v) is 4.31. The Labute approximate surface area is 141 Å². The third-order valence-electron chi connectivity index (χ3n) is 4.31. The van der Waals surface area contributed by atoms with Crippen LogP contribution in [-0.2, 0) is 22.5 Å². The monoisotopic (exact) mass is 329 g/mol. The summed E-state index contributed by atoms with van der Waals surface area (Å²) in [5, 5.41) is 6.92. The summed E-state index contributed by atoms with van der Waals surface area (Å²) in [5.41, 5.74) is 3.61. The number of hydrogen-bond acceptors (Lipinski definition) is 5.